The van der Waals surface area contributed by atoms with Gasteiger partial charge in [-0.15, -0.1) is 0 Å². The third-order valence-electron chi connectivity index (χ3n) is 2.92. The standard InChI is InChI=1S/C13H20N2O/c1-12(2)10-14-5-7-15(8-6-14)11-13-4-3-9-16-13/h3-4,9H,1,5-8,10-11H2,2H3. The van der Waals surface area contributed by atoms with Crippen molar-refractivity contribution in [1.82, 2.24) is 9.80 Å². The van der Waals surface area contributed by atoms with Gasteiger partial charge in [0.15, 0.2) is 0 Å². The second-order valence-corrected chi connectivity index (χ2v) is 4.59. The molecule has 0 aliphatic carbocycles. The fraction of sp³-hybridized carbons (Fsp3) is 0.538. The van der Waals surface area contributed by atoms with Gasteiger partial charge in [0.05, 0.1) is 12.8 Å². The number of nitrogens with zero attached hydrogens (tertiary/aromatic N) is 2. The second kappa shape index (κ2) is 5.32. The molecule has 2 rings (SSSR count). The zero-order valence-corrected chi connectivity index (χ0v) is 9.98. The van der Waals surface area contributed by atoms with E-state index in [0.29, 0.717) is 0 Å². The maximum Gasteiger partial charge on any atom is 0.117 e. The summed E-state index contributed by atoms with van der Waals surface area (Å²) in [5.74, 6) is 1.06. The van der Waals surface area contributed by atoms with Gasteiger partial charge in [0, 0.05) is 32.7 Å². The summed E-state index contributed by atoms with van der Waals surface area (Å²) in [6, 6.07) is 3.99. The Morgan fingerprint density at radius 2 is 2.00 bits per heavy atom. The fourth-order valence-electron chi connectivity index (χ4n) is 2.11. The van der Waals surface area contributed by atoms with Crippen LogP contribution in [0.1, 0.15) is 12.7 Å². The Bertz CT molecular complexity index is 324. The summed E-state index contributed by atoms with van der Waals surface area (Å²) in [5.41, 5.74) is 1.25. The lowest BCUT2D eigenvalue weighted by molar-refractivity contribution is 0.128. The first-order valence-corrected chi connectivity index (χ1v) is 5.85. The van der Waals surface area contributed by atoms with Crippen molar-refractivity contribution in [2.24, 2.45) is 0 Å². The molecule has 2 heterocycles. The average molecular weight is 220 g/mol. The molecule has 0 aromatic carbocycles. The highest BCUT2D eigenvalue weighted by Gasteiger charge is 2.17. The zero-order valence-electron chi connectivity index (χ0n) is 9.98. The molecule has 1 saturated heterocycles. The fourth-order valence-corrected chi connectivity index (χ4v) is 2.11. The lowest BCUT2D eigenvalue weighted by Gasteiger charge is -2.34. The predicted molar refractivity (Wildman–Crippen MR) is 65.2 cm³/mol. The number of furan rings is 1. The molecule has 1 aliphatic heterocycles. The largest absolute Gasteiger partial charge is 0.468 e. The van der Waals surface area contributed by atoms with Crippen LogP contribution in [0.2, 0.25) is 0 Å². The first-order valence-electron chi connectivity index (χ1n) is 5.85. The number of piperazine rings is 1. The van der Waals surface area contributed by atoms with Crippen LogP contribution in [0.15, 0.2) is 35.0 Å². The van der Waals surface area contributed by atoms with Crippen molar-refractivity contribution in [2.45, 2.75) is 13.5 Å². The monoisotopic (exact) mass is 220 g/mol. The van der Waals surface area contributed by atoms with Gasteiger partial charge in [-0.25, -0.2) is 0 Å². The molecule has 0 N–H and O–H groups in total. The van der Waals surface area contributed by atoms with E-state index in [1.54, 1.807) is 6.26 Å². The van der Waals surface area contributed by atoms with Crippen LogP contribution in [0.5, 0.6) is 0 Å². The Kier molecular flexibility index (Phi) is 3.80. The molecule has 0 amide bonds. The highest BCUT2D eigenvalue weighted by atomic mass is 16.3. The number of hydrogen-bond donors (Lipinski definition) is 0. The molecule has 1 aliphatic rings. The van der Waals surface area contributed by atoms with Gasteiger partial charge in [0.2, 0.25) is 0 Å². The summed E-state index contributed by atoms with van der Waals surface area (Å²) >= 11 is 0. The molecule has 1 aromatic rings. The zero-order chi connectivity index (χ0) is 11.4. The van der Waals surface area contributed by atoms with E-state index in [1.165, 1.54) is 5.57 Å². The summed E-state index contributed by atoms with van der Waals surface area (Å²) in [6.45, 7) is 12.5. The van der Waals surface area contributed by atoms with Crippen LogP contribution in [0.3, 0.4) is 0 Å². The third-order valence-corrected chi connectivity index (χ3v) is 2.92. The SMILES string of the molecule is C=C(C)CN1CCN(Cc2ccco2)CC1. The molecular weight excluding hydrogens is 200 g/mol. The first-order chi connectivity index (χ1) is 7.74. The maximum absolute atomic E-state index is 5.36. The quantitative estimate of drug-likeness (QED) is 0.723. The first kappa shape index (κ1) is 11.4. The Balaban J connectivity index is 1.75. The molecule has 88 valence electrons. The molecule has 1 fully saturated rings. The topological polar surface area (TPSA) is 19.6 Å². The summed E-state index contributed by atoms with van der Waals surface area (Å²) in [5, 5.41) is 0. The normalized spacial score (nSPS) is 18.8. The van der Waals surface area contributed by atoms with Crippen LogP contribution in [-0.2, 0) is 6.54 Å². The number of hydrogen-bond acceptors (Lipinski definition) is 3. The van der Waals surface area contributed by atoms with Crippen molar-refractivity contribution in [3.05, 3.63) is 36.3 Å². The second-order valence-electron chi connectivity index (χ2n) is 4.59. The predicted octanol–water partition coefficient (Wildman–Crippen LogP) is 1.97. The van der Waals surface area contributed by atoms with Crippen LogP contribution in [0, 0.1) is 0 Å². The van der Waals surface area contributed by atoms with E-state index in [2.05, 4.69) is 23.3 Å². The van der Waals surface area contributed by atoms with Crippen molar-refractivity contribution >= 4 is 0 Å². The molecule has 3 nitrogen and oxygen atoms in total. The highest BCUT2D eigenvalue weighted by molar-refractivity contribution is 4.98. The minimum Gasteiger partial charge on any atom is -0.468 e. The van der Waals surface area contributed by atoms with Crippen LogP contribution in [-0.4, -0.2) is 42.5 Å². The Morgan fingerprint density at radius 1 is 1.31 bits per heavy atom. The van der Waals surface area contributed by atoms with Gasteiger partial charge >= 0.3 is 0 Å². The van der Waals surface area contributed by atoms with Gasteiger partial charge in [0.25, 0.3) is 0 Å². The summed E-state index contributed by atoms with van der Waals surface area (Å²) < 4.78 is 5.36. The van der Waals surface area contributed by atoms with Crippen molar-refractivity contribution in [3.8, 4) is 0 Å². The van der Waals surface area contributed by atoms with E-state index < -0.39 is 0 Å². The number of rotatable bonds is 4. The van der Waals surface area contributed by atoms with Crippen LogP contribution < -0.4 is 0 Å². The Hall–Kier alpha value is -1.06. The van der Waals surface area contributed by atoms with Gasteiger partial charge in [-0.3, -0.25) is 9.80 Å². The molecule has 16 heavy (non-hydrogen) atoms. The minimum absolute atomic E-state index is 0.938. The third kappa shape index (κ3) is 3.22. The van der Waals surface area contributed by atoms with E-state index >= 15 is 0 Å². The Labute approximate surface area is 97.3 Å². The maximum atomic E-state index is 5.36. The molecule has 0 saturated carbocycles. The smallest absolute Gasteiger partial charge is 0.117 e. The van der Waals surface area contributed by atoms with E-state index in [-0.39, 0.29) is 0 Å². The molecule has 0 unspecified atom stereocenters. The minimum atomic E-state index is 0.938. The molecule has 0 radical (unpaired) electrons. The van der Waals surface area contributed by atoms with Crippen molar-refractivity contribution in [1.29, 1.82) is 0 Å². The summed E-state index contributed by atoms with van der Waals surface area (Å²) in [4.78, 5) is 4.90. The van der Waals surface area contributed by atoms with E-state index in [1.807, 2.05) is 12.1 Å². The average Bonchev–Trinajstić information content (AvgIpc) is 2.73. The van der Waals surface area contributed by atoms with E-state index in [0.717, 1.165) is 45.0 Å². The van der Waals surface area contributed by atoms with Gasteiger partial charge in [0.1, 0.15) is 5.76 Å². The van der Waals surface area contributed by atoms with Crippen LogP contribution in [0.4, 0.5) is 0 Å². The lowest BCUT2D eigenvalue weighted by atomic mass is 10.2. The van der Waals surface area contributed by atoms with Gasteiger partial charge < -0.3 is 4.42 Å². The lowest BCUT2D eigenvalue weighted by Crippen LogP contribution is -2.46. The van der Waals surface area contributed by atoms with Gasteiger partial charge in [-0.1, -0.05) is 12.2 Å². The molecule has 0 atom stereocenters. The summed E-state index contributed by atoms with van der Waals surface area (Å²) in [6.07, 6.45) is 1.74. The van der Waals surface area contributed by atoms with Crippen LogP contribution in [0.25, 0.3) is 0 Å². The molecule has 0 bridgehead atoms. The highest BCUT2D eigenvalue weighted by Crippen LogP contribution is 2.09. The van der Waals surface area contributed by atoms with Crippen molar-refractivity contribution in [2.75, 3.05) is 32.7 Å². The van der Waals surface area contributed by atoms with Gasteiger partial charge in [-0.05, 0) is 19.1 Å². The summed E-state index contributed by atoms with van der Waals surface area (Å²) in [7, 11) is 0. The molecular formula is C13H20N2O. The van der Waals surface area contributed by atoms with Crippen LogP contribution >= 0.6 is 0 Å². The molecule has 3 heteroatoms. The van der Waals surface area contributed by atoms with Crippen molar-refractivity contribution < 1.29 is 4.42 Å². The molecule has 0 spiro atoms. The van der Waals surface area contributed by atoms with Crippen molar-refractivity contribution in [3.63, 3.8) is 0 Å². The van der Waals surface area contributed by atoms with E-state index in [4.69, 9.17) is 4.42 Å². The van der Waals surface area contributed by atoms with E-state index in [9.17, 15) is 0 Å². The Morgan fingerprint density at radius 3 is 2.56 bits per heavy atom. The molecule has 1 aromatic heterocycles. The van der Waals surface area contributed by atoms with Gasteiger partial charge in [-0.2, -0.15) is 0 Å².